The van der Waals surface area contributed by atoms with Gasteiger partial charge in [-0.15, -0.1) is 5.10 Å². The Morgan fingerprint density at radius 1 is 1.21 bits per heavy atom. The summed E-state index contributed by atoms with van der Waals surface area (Å²) in [5.41, 5.74) is 11.0. The molecule has 33 heavy (non-hydrogen) atoms. The van der Waals surface area contributed by atoms with Crippen LogP contribution in [0.3, 0.4) is 0 Å². The van der Waals surface area contributed by atoms with E-state index in [0.717, 1.165) is 28.5 Å². The van der Waals surface area contributed by atoms with Crippen LogP contribution in [-0.2, 0) is 0 Å². The van der Waals surface area contributed by atoms with E-state index in [4.69, 9.17) is 11.1 Å². The maximum absolute atomic E-state index is 12.6. The molecule has 0 saturated heterocycles. The first-order valence-electron chi connectivity index (χ1n) is 10.4. The number of pyridine rings is 1. The monoisotopic (exact) mass is 445 g/mol. The van der Waals surface area contributed by atoms with Gasteiger partial charge in [0.2, 0.25) is 0 Å². The number of aliphatic hydroxyl groups is 1. The summed E-state index contributed by atoms with van der Waals surface area (Å²) in [6.45, 7) is 5.58. The van der Waals surface area contributed by atoms with Gasteiger partial charge < -0.3 is 26.9 Å². The van der Waals surface area contributed by atoms with Crippen LogP contribution >= 0.6 is 0 Å². The van der Waals surface area contributed by atoms with Gasteiger partial charge >= 0.3 is 0 Å². The molecule has 0 fully saturated rings. The minimum atomic E-state index is -0.354. The van der Waals surface area contributed by atoms with Crippen molar-refractivity contribution in [2.24, 2.45) is 5.73 Å². The van der Waals surface area contributed by atoms with E-state index in [-0.39, 0.29) is 24.2 Å². The molecule has 6 N–H and O–H groups in total. The Kier molecular flexibility index (Phi) is 7.47. The van der Waals surface area contributed by atoms with Crippen molar-refractivity contribution in [3.8, 4) is 11.1 Å². The Bertz CT molecular complexity index is 1210. The molecule has 0 aliphatic heterocycles. The first-order valence-corrected chi connectivity index (χ1v) is 10.4. The molecular formula is C24H27N7O2. The van der Waals surface area contributed by atoms with Crippen LogP contribution in [0.4, 0.5) is 11.5 Å². The molecule has 1 unspecified atom stereocenters. The molecule has 2 aromatic heterocycles. The summed E-state index contributed by atoms with van der Waals surface area (Å²) in [4.78, 5) is 17.2. The second kappa shape index (κ2) is 10.5. The maximum Gasteiger partial charge on any atom is 0.276 e. The molecule has 170 valence electrons. The van der Waals surface area contributed by atoms with Crippen LogP contribution in [0.5, 0.6) is 0 Å². The lowest BCUT2D eigenvalue weighted by atomic mass is 9.98. The van der Waals surface area contributed by atoms with E-state index in [0.29, 0.717) is 22.8 Å². The van der Waals surface area contributed by atoms with Crippen LogP contribution < -0.4 is 16.4 Å². The van der Waals surface area contributed by atoms with Crippen LogP contribution in [0.1, 0.15) is 34.2 Å². The van der Waals surface area contributed by atoms with Crippen molar-refractivity contribution < 1.29 is 9.90 Å². The van der Waals surface area contributed by atoms with Gasteiger partial charge in [0.1, 0.15) is 5.82 Å². The third-order valence-electron chi connectivity index (χ3n) is 4.95. The number of hydrogen-bond donors (Lipinski definition) is 5. The van der Waals surface area contributed by atoms with Crippen molar-refractivity contribution in [2.75, 3.05) is 17.2 Å². The molecule has 9 nitrogen and oxygen atoms in total. The zero-order chi connectivity index (χ0) is 24.0. The van der Waals surface area contributed by atoms with Crippen molar-refractivity contribution in [2.45, 2.75) is 26.8 Å². The van der Waals surface area contributed by atoms with E-state index in [1.165, 1.54) is 6.20 Å². The summed E-state index contributed by atoms with van der Waals surface area (Å²) in [5.74, 6) is 0.182. The number of carbonyl (C=O) groups excluding carboxylic acids is 1. The summed E-state index contributed by atoms with van der Waals surface area (Å²) in [6.07, 6.45) is 4.05. The highest BCUT2D eigenvalue weighted by Gasteiger charge is 2.14. The van der Waals surface area contributed by atoms with Gasteiger partial charge in [-0.1, -0.05) is 6.07 Å². The lowest BCUT2D eigenvalue weighted by Crippen LogP contribution is -2.20. The molecule has 1 amide bonds. The Balaban J connectivity index is 2.02. The highest BCUT2D eigenvalue weighted by Crippen LogP contribution is 2.30. The quantitative estimate of drug-likeness (QED) is 0.334. The average Bonchev–Trinajstić information content (AvgIpc) is 2.81. The molecule has 1 atom stereocenters. The third-order valence-corrected chi connectivity index (χ3v) is 4.95. The van der Waals surface area contributed by atoms with Crippen LogP contribution in [0.15, 0.2) is 48.8 Å². The number of rotatable bonds is 8. The zero-order valence-electron chi connectivity index (χ0n) is 18.8. The van der Waals surface area contributed by atoms with Crippen LogP contribution in [-0.4, -0.2) is 45.1 Å². The zero-order valence-corrected chi connectivity index (χ0v) is 18.8. The number of nitrogens with two attached hydrogens (primary N) is 1. The Morgan fingerprint density at radius 3 is 2.67 bits per heavy atom. The lowest BCUT2D eigenvalue weighted by molar-refractivity contribution is 0.102. The molecule has 1 aromatic carbocycles. The van der Waals surface area contributed by atoms with E-state index < -0.39 is 0 Å². The number of allylic oxidation sites excluding steroid dienone is 1. The highest BCUT2D eigenvalue weighted by molar-refractivity contribution is 6.08. The van der Waals surface area contributed by atoms with Gasteiger partial charge in [-0.3, -0.25) is 4.79 Å². The molecule has 0 aliphatic rings. The first-order chi connectivity index (χ1) is 15.8. The number of nitrogens with zero attached hydrogens (tertiary/aromatic N) is 3. The van der Waals surface area contributed by atoms with Crippen LogP contribution in [0.2, 0.25) is 0 Å². The van der Waals surface area contributed by atoms with Crippen LogP contribution in [0.25, 0.3) is 16.7 Å². The lowest BCUT2D eigenvalue weighted by Gasteiger charge is -2.16. The number of aryl methyl sites for hydroxylation is 2. The molecule has 0 bridgehead atoms. The summed E-state index contributed by atoms with van der Waals surface area (Å²) in [5, 5.41) is 30.8. The predicted molar refractivity (Wildman–Crippen MR) is 130 cm³/mol. The Morgan fingerprint density at radius 2 is 2.00 bits per heavy atom. The fraction of sp³-hybridized carbons (Fsp3) is 0.208. The van der Waals surface area contributed by atoms with E-state index in [9.17, 15) is 9.90 Å². The molecule has 0 radical (unpaired) electrons. The number of aliphatic hydroxyl groups excluding tert-OH is 1. The standard InChI is InChI=1S/C24H27N7O2/c1-14-6-22(31-27-12-14)24(33)29-19-5-4-15(2)20(9-19)17-7-21(18(10-25)11-26)30-23(8-17)28-16(3)13-32/h4-12,16,25,32H,13,26H2,1-3H3,(H,28,30)(H,29,33). The number of benzene rings is 1. The molecule has 0 aliphatic carbocycles. The normalized spacial score (nSPS) is 12.2. The van der Waals surface area contributed by atoms with Gasteiger partial charge in [0, 0.05) is 29.7 Å². The number of hydrogen-bond acceptors (Lipinski definition) is 8. The highest BCUT2D eigenvalue weighted by atomic mass is 16.3. The second-order valence-electron chi connectivity index (χ2n) is 7.72. The third kappa shape index (κ3) is 5.78. The van der Waals surface area contributed by atoms with Crippen LogP contribution in [0, 0.1) is 19.3 Å². The van der Waals surface area contributed by atoms with E-state index >= 15 is 0 Å². The van der Waals surface area contributed by atoms with Gasteiger partial charge in [0.25, 0.3) is 5.91 Å². The summed E-state index contributed by atoms with van der Waals surface area (Å²) >= 11 is 0. The van der Waals surface area contributed by atoms with Crippen molar-refractivity contribution in [3.05, 3.63) is 71.3 Å². The second-order valence-corrected chi connectivity index (χ2v) is 7.72. The number of amides is 1. The van der Waals surface area contributed by atoms with Crippen molar-refractivity contribution >= 4 is 29.2 Å². The van der Waals surface area contributed by atoms with Gasteiger partial charge in [-0.25, -0.2) is 4.98 Å². The van der Waals surface area contributed by atoms with Crippen molar-refractivity contribution in [1.29, 1.82) is 5.41 Å². The molecular weight excluding hydrogens is 418 g/mol. The molecule has 0 saturated carbocycles. The maximum atomic E-state index is 12.6. The number of carbonyl (C=O) groups is 1. The average molecular weight is 446 g/mol. The smallest absolute Gasteiger partial charge is 0.276 e. The van der Waals surface area contributed by atoms with Gasteiger partial charge in [0.15, 0.2) is 5.69 Å². The minimum Gasteiger partial charge on any atom is -0.404 e. The number of anilines is 2. The summed E-state index contributed by atoms with van der Waals surface area (Å²) < 4.78 is 0. The Labute approximate surface area is 192 Å². The molecule has 9 heteroatoms. The van der Waals surface area contributed by atoms with E-state index in [2.05, 4.69) is 25.8 Å². The predicted octanol–water partition coefficient (Wildman–Crippen LogP) is 3.15. The van der Waals surface area contributed by atoms with E-state index in [1.54, 1.807) is 12.3 Å². The number of aromatic nitrogens is 3. The SMILES string of the molecule is Cc1cnnc(C(=O)Nc2ccc(C)c(-c3cc(NC(C)CO)nc(C(C=N)=CN)c3)c2)c1. The topological polar surface area (TPSA) is 150 Å². The Hall–Kier alpha value is -4.11. The van der Waals surface area contributed by atoms with Gasteiger partial charge in [0.05, 0.1) is 18.5 Å². The molecule has 0 spiro atoms. The molecule has 3 rings (SSSR count). The molecule has 2 heterocycles. The van der Waals surface area contributed by atoms with Crippen molar-refractivity contribution in [3.63, 3.8) is 0 Å². The summed E-state index contributed by atoms with van der Waals surface area (Å²) in [7, 11) is 0. The fourth-order valence-electron chi connectivity index (χ4n) is 3.19. The molecule has 3 aromatic rings. The first kappa shape index (κ1) is 23.6. The largest absolute Gasteiger partial charge is 0.404 e. The number of nitrogens with one attached hydrogen (secondary N) is 3. The van der Waals surface area contributed by atoms with Gasteiger partial charge in [-0.05, 0) is 73.4 Å². The summed E-state index contributed by atoms with van der Waals surface area (Å²) in [6, 6.07) is 10.7. The minimum absolute atomic E-state index is 0.0617. The van der Waals surface area contributed by atoms with Crippen molar-refractivity contribution in [1.82, 2.24) is 15.2 Å². The fourth-order valence-corrected chi connectivity index (χ4v) is 3.19. The van der Waals surface area contributed by atoms with Gasteiger partial charge in [-0.2, -0.15) is 5.10 Å². The van der Waals surface area contributed by atoms with E-state index in [1.807, 2.05) is 51.1 Å².